The number of benzene rings is 1. The normalized spacial score (nSPS) is 19.8. The monoisotopic (exact) mass is 204 g/mol. The van der Waals surface area contributed by atoms with Gasteiger partial charge >= 0.3 is 0 Å². The fraction of sp³-hybridized carbons (Fsp3) is 0.364. The van der Waals surface area contributed by atoms with Crippen molar-refractivity contribution in [2.45, 2.75) is 12.5 Å². The minimum absolute atomic E-state index is 0.0562. The van der Waals surface area contributed by atoms with Crippen molar-refractivity contribution in [3.8, 4) is 11.8 Å². The van der Waals surface area contributed by atoms with E-state index in [0.29, 0.717) is 23.6 Å². The fourth-order valence-corrected chi connectivity index (χ4v) is 1.52. The number of hydrogen-bond acceptors (Lipinski definition) is 4. The summed E-state index contributed by atoms with van der Waals surface area (Å²) in [6.45, 7) is 1.32. The summed E-state index contributed by atoms with van der Waals surface area (Å²) in [6, 6.07) is 7.14. The molecule has 78 valence electrons. The van der Waals surface area contributed by atoms with E-state index in [2.05, 4.69) is 6.07 Å². The Morgan fingerprint density at radius 3 is 3.07 bits per heavy atom. The second-order valence-corrected chi connectivity index (χ2v) is 3.47. The average Bonchev–Trinajstić information content (AvgIpc) is 2.73. The van der Waals surface area contributed by atoms with Gasteiger partial charge in [-0.2, -0.15) is 5.26 Å². The molecule has 1 fully saturated rings. The highest BCUT2D eigenvalue weighted by Gasteiger charge is 2.18. The first kappa shape index (κ1) is 9.81. The third-order valence-corrected chi connectivity index (χ3v) is 2.31. The van der Waals surface area contributed by atoms with Crippen molar-refractivity contribution < 1.29 is 9.47 Å². The number of anilines is 1. The molecule has 0 radical (unpaired) electrons. The molecule has 1 aromatic rings. The summed E-state index contributed by atoms with van der Waals surface area (Å²) in [5.74, 6) is 0.585. The third-order valence-electron chi connectivity index (χ3n) is 2.31. The Bertz CT molecular complexity index is 392. The zero-order valence-electron chi connectivity index (χ0n) is 8.27. The van der Waals surface area contributed by atoms with Crippen LogP contribution in [-0.2, 0) is 4.74 Å². The molecule has 4 nitrogen and oxygen atoms in total. The van der Waals surface area contributed by atoms with E-state index in [1.165, 1.54) is 0 Å². The van der Waals surface area contributed by atoms with Crippen molar-refractivity contribution in [2.24, 2.45) is 0 Å². The first-order chi connectivity index (χ1) is 7.29. The number of rotatable bonds is 2. The minimum Gasteiger partial charge on any atom is -0.487 e. The molecule has 2 N–H and O–H groups in total. The van der Waals surface area contributed by atoms with Gasteiger partial charge in [0.25, 0.3) is 0 Å². The summed E-state index contributed by atoms with van der Waals surface area (Å²) < 4.78 is 10.8. The van der Waals surface area contributed by atoms with Gasteiger partial charge in [-0.15, -0.1) is 0 Å². The summed E-state index contributed by atoms with van der Waals surface area (Å²) in [5, 5.41) is 8.90. The first-order valence-corrected chi connectivity index (χ1v) is 4.83. The largest absolute Gasteiger partial charge is 0.487 e. The minimum atomic E-state index is 0.0562. The van der Waals surface area contributed by atoms with Crippen molar-refractivity contribution >= 4 is 5.69 Å². The van der Waals surface area contributed by atoms with Gasteiger partial charge in [-0.1, -0.05) is 0 Å². The molecule has 1 aliphatic rings. The smallest absolute Gasteiger partial charge is 0.137 e. The topological polar surface area (TPSA) is 68.3 Å². The van der Waals surface area contributed by atoms with Gasteiger partial charge in [0.05, 0.1) is 18.8 Å². The number of ether oxygens (including phenoxy) is 2. The Hall–Kier alpha value is -1.73. The molecule has 0 saturated carbocycles. The standard InChI is InChI=1S/C11H12N2O2/c12-6-8-5-9(13)1-2-11(8)15-10-3-4-14-7-10/h1-2,5,10H,3-4,7,13H2. The van der Waals surface area contributed by atoms with E-state index in [1.54, 1.807) is 18.2 Å². The highest BCUT2D eigenvalue weighted by atomic mass is 16.5. The molecule has 2 rings (SSSR count). The van der Waals surface area contributed by atoms with Crippen molar-refractivity contribution in [1.29, 1.82) is 5.26 Å². The quantitative estimate of drug-likeness (QED) is 0.737. The summed E-state index contributed by atoms with van der Waals surface area (Å²) in [5.41, 5.74) is 6.62. The average molecular weight is 204 g/mol. The number of nitrogens with zero attached hydrogens (tertiary/aromatic N) is 1. The Kier molecular flexibility index (Phi) is 2.75. The van der Waals surface area contributed by atoms with Crippen LogP contribution in [0.25, 0.3) is 0 Å². The molecular weight excluding hydrogens is 192 g/mol. The Morgan fingerprint density at radius 2 is 2.40 bits per heavy atom. The summed E-state index contributed by atoms with van der Waals surface area (Å²) in [4.78, 5) is 0. The SMILES string of the molecule is N#Cc1cc(N)ccc1OC1CCOC1. The summed E-state index contributed by atoms with van der Waals surface area (Å²) in [6.07, 6.45) is 0.927. The van der Waals surface area contributed by atoms with E-state index < -0.39 is 0 Å². The van der Waals surface area contributed by atoms with Crippen LogP contribution in [0.1, 0.15) is 12.0 Å². The number of hydrogen-bond donors (Lipinski definition) is 1. The number of nitrogen functional groups attached to an aromatic ring is 1. The van der Waals surface area contributed by atoms with Crippen LogP contribution >= 0.6 is 0 Å². The predicted octanol–water partition coefficient (Wildman–Crippen LogP) is 1.31. The molecule has 1 saturated heterocycles. The van der Waals surface area contributed by atoms with Gasteiger partial charge < -0.3 is 15.2 Å². The molecule has 1 atom stereocenters. The van der Waals surface area contributed by atoms with Gasteiger partial charge in [-0.3, -0.25) is 0 Å². The predicted molar refractivity (Wildman–Crippen MR) is 55.4 cm³/mol. The first-order valence-electron chi connectivity index (χ1n) is 4.83. The maximum Gasteiger partial charge on any atom is 0.137 e. The Morgan fingerprint density at radius 1 is 1.53 bits per heavy atom. The number of nitrogens with two attached hydrogens (primary N) is 1. The molecule has 4 heteroatoms. The van der Waals surface area contributed by atoms with Crippen LogP contribution in [0, 0.1) is 11.3 Å². The third kappa shape index (κ3) is 2.20. The molecule has 1 aliphatic heterocycles. The van der Waals surface area contributed by atoms with Crippen LogP contribution in [-0.4, -0.2) is 19.3 Å². The zero-order valence-corrected chi connectivity index (χ0v) is 8.27. The van der Waals surface area contributed by atoms with Crippen LogP contribution in [0.2, 0.25) is 0 Å². The molecule has 1 aromatic carbocycles. The molecule has 0 spiro atoms. The summed E-state index contributed by atoms with van der Waals surface area (Å²) >= 11 is 0. The maximum absolute atomic E-state index is 8.90. The zero-order chi connectivity index (χ0) is 10.7. The van der Waals surface area contributed by atoms with Gasteiger partial charge in [-0.05, 0) is 18.2 Å². The van der Waals surface area contributed by atoms with Crippen LogP contribution < -0.4 is 10.5 Å². The van der Waals surface area contributed by atoms with Crippen LogP contribution in [0.5, 0.6) is 5.75 Å². The van der Waals surface area contributed by atoms with Crippen LogP contribution in [0.3, 0.4) is 0 Å². The summed E-state index contributed by atoms with van der Waals surface area (Å²) in [7, 11) is 0. The highest BCUT2D eigenvalue weighted by Crippen LogP contribution is 2.23. The molecule has 0 aromatic heterocycles. The van der Waals surface area contributed by atoms with Crippen LogP contribution in [0.4, 0.5) is 5.69 Å². The lowest BCUT2D eigenvalue weighted by molar-refractivity contribution is 0.141. The molecular formula is C11H12N2O2. The van der Waals surface area contributed by atoms with Gasteiger partial charge in [-0.25, -0.2) is 0 Å². The van der Waals surface area contributed by atoms with Crippen molar-refractivity contribution in [2.75, 3.05) is 18.9 Å². The lowest BCUT2D eigenvalue weighted by atomic mass is 10.2. The van der Waals surface area contributed by atoms with E-state index >= 15 is 0 Å². The molecule has 15 heavy (non-hydrogen) atoms. The Balaban J connectivity index is 2.16. The Labute approximate surface area is 88.2 Å². The van der Waals surface area contributed by atoms with E-state index in [9.17, 15) is 0 Å². The molecule has 1 unspecified atom stereocenters. The van der Waals surface area contributed by atoms with E-state index in [0.717, 1.165) is 13.0 Å². The van der Waals surface area contributed by atoms with Crippen molar-refractivity contribution in [1.82, 2.24) is 0 Å². The molecule has 0 bridgehead atoms. The van der Waals surface area contributed by atoms with Gasteiger partial charge in [0, 0.05) is 12.1 Å². The second kappa shape index (κ2) is 4.20. The van der Waals surface area contributed by atoms with Gasteiger partial charge in [0.2, 0.25) is 0 Å². The van der Waals surface area contributed by atoms with E-state index in [-0.39, 0.29) is 6.10 Å². The van der Waals surface area contributed by atoms with Gasteiger partial charge in [0.15, 0.2) is 0 Å². The molecule has 1 heterocycles. The number of nitriles is 1. The molecule has 0 aliphatic carbocycles. The van der Waals surface area contributed by atoms with Crippen molar-refractivity contribution in [3.05, 3.63) is 23.8 Å². The second-order valence-electron chi connectivity index (χ2n) is 3.47. The van der Waals surface area contributed by atoms with Crippen molar-refractivity contribution in [3.63, 3.8) is 0 Å². The lowest BCUT2D eigenvalue weighted by Gasteiger charge is -2.12. The fourth-order valence-electron chi connectivity index (χ4n) is 1.52. The van der Waals surface area contributed by atoms with E-state index in [1.807, 2.05) is 0 Å². The highest BCUT2D eigenvalue weighted by molar-refractivity contribution is 5.53. The van der Waals surface area contributed by atoms with E-state index in [4.69, 9.17) is 20.5 Å². The molecule has 0 amide bonds. The maximum atomic E-state index is 8.90. The van der Waals surface area contributed by atoms with Crippen LogP contribution in [0.15, 0.2) is 18.2 Å². The lowest BCUT2D eigenvalue weighted by Crippen LogP contribution is -2.16. The van der Waals surface area contributed by atoms with Gasteiger partial charge in [0.1, 0.15) is 17.9 Å².